The standard InChI is InChI=1S/C25H25N3O3/c1-17-21-15-20(30-2)8-9-22(21)31-24(17)25(29)28-13-11-27(12-14-28)16-19-6-3-5-18-7-4-10-26-23(18)19/h3-10,15H,11-14,16H2,1-2H3. The second-order valence-electron chi connectivity index (χ2n) is 7.98. The minimum Gasteiger partial charge on any atom is -0.497 e. The van der Waals surface area contributed by atoms with Crippen LogP contribution < -0.4 is 4.74 Å². The van der Waals surface area contributed by atoms with Crippen molar-refractivity contribution in [3.8, 4) is 5.75 Å². The summed E-state index contributed by atoms with van der Waals surface area (Å²) in [5, 5.41) is 2.08. The lowest BCUT2D eigenvalue weighted by atomic mass is 10.1. The van der Waals surface area contributed by atoms with Gasteiger partial charge in [-0.1, -0.05) is 24.3 Å². The van der Waals surface area contributed by atoms with Gasteiger partial charge in [-0.15, -0.1) is 0 Å². The molecule has 0 N–H and O–H groups in total. The summed E-state index contributed by atoms with van der Waals surface area (Å²) in [6, 6.07) is 16.0. The molecule has 6 heteroatoms. The monoisotopic (exact) mass is 415 g/mol. The lowest BCUT2D eigenvalue weighted by molar-refractivity contribution is 0.0599. The second kappa shape index (κ2) is 8.04. The van der Waals surface area contributed by atoms with Gasteiger partial charge < -0.3 is 14.1 Å². The third kappa shape index (κ3) is 3.64. The Morgan fingerprint density at radius 1 is 1.10 bits per heavy atom. The van der Waals surface area contributed by atoms with Crippen LogP contribution >= 0.6 is 0 Å². The predicted octanol–water partition coefficient (Wildman–Crippen LogP) is 4.26. The number of furan rings is 1. The number of pyridine rings is 1. The summed E-state index contributed by atoms with van der Waals surface area (Å²) in [5.41, 5.74) is 3.85. The summed E-state index contributed by atoms with van der Waals surface area (Å²) in [5.74, 6) is 1.14. The van der Waals surface area contributed by atoms with Crippen LogP contribution in [0.15, 0.2) is 59.1 Å². The number of nitrogens with zero attached hydrogens (tertiary/aromatic N) is 3. The van der Waals surface area contributed by atoms with Gasteiger partial charge in [0, 0.05) is 55.3 Å². The lowest BCUT2D eigenvalue weighted by Crippen LogP contribution is -2.48. The van der Waals surface area contributed by atoms with Crippen molar-refractivity contribution >= 4 is 27.8 Å². The van der Waals surface area contributed by atoms with Gasteiger partial charge in [-0.25, -0.2) is 0 Å². The number of ether oxygens (including phenoxy) is 1. The van der Waals surface area contributed by atoms with E-state index in [-0.39, 0.29) is 5.91 Å². The van der Waals surface area contributed by atoms with Crippen LogP contribution in [0.4, 0.5) is 0 Å². The van der Waals surface area contributed by atoms with E-state index in [1.165, 1.54) is 5.56 Å². The first-order chi connectivity index (χ1) is 15.1. The molecule has 2 aromatic carbocycles. The van der Waals surface area contributed by atoms with Crippen LogP contribution in [-0.4, -0.2) is 54.0 Å². The summed E-state index contributed by atoms with van der Waals surface area (Å²) in [7, 11) is 1.64. The highest BCUT2D eigenvalue weighted by Gasteiger charge is 2.27. The fourth-order valence-corrected chi connectivity index (χ4v) is 4.32. The number of aromatic nitrogens is 1. The molecule has 1 aliphatic heterocycles. The van der Waals surface area contributed by atoms with E-state index in [0.717, 1.165) is 47.2 Å². The van der Waals surface area contributed by atoms with E-state index in [1.807, 2.05) is 42.3 Å². The number of carbonyl (C=O) groups excluding carboxylic acids is 1. The van der Waals surface area contributed by atoms with E-state index < -0.39 is 0 Å². The number of hydrogen-bond acceptors (Lipinski definition) is 5. The van der Waals surface area contributed by atoms with Gasteiger partial charge in [0.2, 0.25) is 0 Å². The maximum atomic E-state index is 13.2. The summed E-state index contributed by atoms with van der Waals surface area (Å²) >= 11 is 0. The Balaban J connectivity index is 1.29. The largest absolute Gasteiger partial charge is 0.497 e. The molecule has 0 spiro atoms. The molecule has 1 saturated heterocycles. The van der Waals surface area contributed by atoms with Crippen LogP contribution in [-0.2, 0) is 6.54 Å². The Bertz CT molecular complexity index is 1250. The van der Waals surface area contributed by atoms with Gasteiger partial charge in [0.1, 0.15) is 11.3 Å². The molecule has 0 saturated carbocycles. The quantitative estimate of drug-likeness (QED) is 0.499. The van der Waals surface area contributed by atoms with Crippen molar-refractivity contribution in [1.82, 2.24) is 14.8 Å². The molecule has 31 heavy (non-hydrogen) atoms. The summed E-state index contributed by atoms with van der Waals surface area (Å²) < 4.78 is 11.2. The Morgan fingerprint density at radius 2 is 1.90 bits per heavy atom. The van der Waals surface area contributed by atoms with Crippen LogP contribution in [0.1, 0.15) is 21.7 Å². The van der Waals surface area contributed by atoms with Gasteiger partial charge in [0.15, 0.2) is 5.76 Å². The fraction of sp³-hybridized carbons (Fsp3) is 0.280. The smallest absolute Gasteiger partial charge is 0.289 e. The van der Waals surface area contributed by atoms with Gasteiger partial charge >= 0.3 is 0 Å². The molecule has 0 radical (unpaired) electrons. The highest BCUT2D eigenvalue weighted by Crippen LogP contribution is 2.30. The minimum atomic E-state index is -0.0425. The molecule has 1 fully saturated rings. The lowest BCUT2D eigenvalue weighted by Gasteiger charge is -2.34. The minimum absolute atomic E-state index is 0.0425. The highest BCUT2D eigenvalue weighted by molar-refractivity contribution is 5.99. The summed E-state index contributed by atoms with van der Waals surface area (Å²) in [6.07, 6.45) is 1.84. The molecular formula is C25H25N3O3. The molecule has 1 aliphatic rings. The fourth-order valence-electron chi connectivity index (χ4n) is 4.32. The van der Waals surface area contributed by atoms with Crippen molar-refractivity contribution in [1.29, 1.82) is 0 Å². The maximum Gasteiger partial charge on any atom is 0.289 e. The average Bonchev–Trinajstić information content (AvgIpc) is 3.15. The zero-order valence-electron chi connectivity index (χ0n) is 17.8. The van der Waals surface area contributed by atoms with Crippen molar-refractivity contribution in [2.75, 3.05) is 33.3 Å². The van der Waals surface area contributed by atoms with Crippen LogP contribution in [0.2, 0.25) is 0 Å². The normalized spacial score (nSPS) is 15.0. The van der Waals surface area contributed by atoms with Gasteiger partial charge in [0.25, 0.3) is 5.91 Å². The molecule has 3 heterocycles. The molecular weight excluding hydrogens is 390 g/mol. The SMILES string of the molecule is COc1ccc2oc(C(=O)N3CCN(Cc4cccc5cccnc45)CC3)c(C)c2c1. The molecule has 0 unspecified atom stereocenters. The molecule has 158 valence electrons. The molecule has 4 aromatic rings. The number of benzene rings is 2. The van der Waals surface area contributed by atoms with E-state index in [4.69, 9.17) is 9.15 Å². The average molecular weight is 415 g/mol. The van der Waals surface area contributed by atoms with Crippen molar-refractivity contribution in [2.24, 2.45) is 0 Å². The van der Waals surface area contributed by atoms with Crippen molar-refractivity contribution in [3.63, 3.8) is 0 Å². The van der Waals surface area contributed by atoms with E-state index in [0.29, 0.717) is 24.4 Å². The van der Waals surface area contributed by atoms with Crippen LogP contribution in [0, 0.1) is 6.92 Å². The van der Waals surface area contributed by atoms with E-state index >= 15 is 0 Å². The first-order valence-corrected chi connectivity index (χ1v) is 10.6. The number of fused-ring (bicyclic) bond motifs is 2. The molecule has 0 bridgehead atoms. The third-order valence-electron chi connectivity index (χ3n) is 6.11. The molecule has 6 nitrogen and oxygen atoms in total. The summed E-state index contributed by atoms with van der Waals surface area (Å²) in [6.45, 7) is 5.76. The van der Waals surface area contributed by atoms with E-state index in [2.05, 4.69) is 34.1 Å². The van der Waals surface area contributed by atoms with E-state index in [1.54, 1.807) is 7.11 Å². The molecule has 2 aromatic heterocycles. The first-order valence-electron chi connectivity index (χ1n) is 10.6. The predicted molar refractivity (Wildman–Crippen MR) is 120 cm³/mol. The number of amides is 1. The number of para-hydroxylation sites is 1. The zero-order valence-corrected chi connectivity index (χ0v) is 17.8. The number of piperazine rings is 1. The topological polar surface area (TPSA) is 58.8 Å². The first kappa shape index (κ1) is 19.6. The Kier molecular flexibility index (Phi) is 5.08. The van der Waals surface area contributed by atoms with Crippen molar-refractivity contribution in [3.05, 3.63) is 71.6 Å². The van der Waals surface area contributed by atoms with Crippen LogP contribution in [0.25, 0.3) is 21.9 Å². The molecule has 0 atom stereocenters. The van der Waals surface area contributed by atoms with Crippen molar-refractivity contribution in [2.45, 2.75) is 13.5 Å². The van der Waals surface area contributed by atoms with Crippen LogP contribution in [0.5, 0.6) is 5.75 Å². The second-order valence-corrected chi connectivity index (χ2v) is 7.98. The number of aryl methyl sites for hydroxylation is 1. The number of methoxy groups -OCH3 is 1. The Hall–Kier alpha value is -3.38. The number of hydrogen-bond donors (Lipinski definition) is 0. The zero-order chi connectivity index (χ0) is 21.4. The Labute approximate surface area is 181 Å². The van der Waals surface area contributed by atoms with Gasteiger partial charge in [-0.2, -0.15) is 0 Å². The van der Waals surface area contributed by atoms with Gasteiger partial charge in [-0.3, -0.25) is 14.7 Å². The molecule has 1 amide bonds. The van der Waals surface area contributed by atoms with Gasteiger partial charge in [0.05, 0.1) is 12.6 Å². The number of carbonyl (C=O) groups is 1. The van der Waals surface area contributed by atoms with Gasteiger partial charge in [-0.05, 0) is 36.8 Å². The Morgan fingerprint density at radius 3 is 2.71 bits per heavy atom. The van der Waals surface area contributed by atoms with Crippen LogP contribution in [0.3, 0.4) is 0 Å². The molecule has 5 rings (SSSR count). The third-order valence-corrected chi connectivity index (χ3v) is 6.11. The molecule has 0 aliphatic carbocycles. The summed E-state index contributed by atoms with van der Waals surface area (Å²) in [4.78, 5) is 22.0. The van der Waals surface area contributed by atoms with E-state index in [9.17, 15) is 4.79 Å². The number of rotatable bonds is 4. The highest BCUT2D eigenvalue weighted by atomic mass is 16.5. The van der Waals surface area contributed by atoms with Crippen molar-refractivity contribution < 1.29 is 13.9 Å². The maximum absolute atomic E-state index is 13.2.